The van der Waals surface area contributed by atoms with Crippen LogP contribution in [-0.4, -0.2) is 56.1 Å². The first-order valence-corrected chi connectivity index (χ1v) is 9.40. The molecule has 144 valence electrons. The molecule has 0 radical (unpaired) electrons. The predicted molar refractivity (Wildman–Crippen MR) is 105 cm³/mol. The Morgan fingerprint density at radius 2 is 1.78 bits per heavy atom. The van der Waals surface area contributed by atoms with Crippen molar-refractivity contribution in [3.05, 3.63) is 52.8 Å². The van der Waals surface area contributed by atoms with Crippen molar-refractivity contribution in [2.24, 2.45) is 0 Å². The number of anilines is 1. The molecule has 1 aromatic heterocycles. The number of ketones is 1. The smallest absolute Gasteiger partial charge is 0.339 e. The van der Waals surface area contributed by atoms with Gasteiger partial charge in [0.25, 0.3) is 0 Å². The third kappa shape index (κ3) is 3.76. The lowest BCUT2D eigenvalue weighted by atomic mass is 10.0. The van der Waals surface area contributed by atoms with Crippen LogP contribution >= 0.6 is 0 Å². The summed E-state index contributed by atoms with van der Waals surface area (Å²) in [5.41, 5.74) is 3.58. The van der Waals surface area contributed by atoms with E-state index in [0.717, 1.165) is 26.2 Å². The molecular weight excluding hydrogens is 342 g/mol. The van der Waals surface area contributed by atoms with Gasteiger partial charge in [-0.25, -0.2) is 4.79 Å². The number of nitrogens with one attached hydrogen (secondary N) is 2. The lowest BCUT2D eigenvalue weighted by molar-refractivity contribution is -0.914. The highest BCUT2D eigenvalue weighted by molar-refractivity contribution is 6.03. The molecule has 0 bridgehead atoms. The molecule has 0 saturated carbocycles. The van der Waals surface area contributed by atoms with Crippen LogP contribution in [0.4, 0.5) is 5.69 Å². The van der Waals surface area contributed by atoms with E-state index in [1.165, 1.54) is 17.7 Å². The van der Waals surface area contributed by atoms with Crippen LogP contribution in [0, 0.1) is 13.8 Å². The van der Waals surface area contributed by atoms with E-state index >= 15 is 0 Å². The van der Waals surface area contributed by atoms with Crippen LogP contribution in [0.5, 0.6) is 0 Å². The number of aryl methyl sites for hydroxylation is 1. The summed E-state index contributed by atoms with van der Waals surface area (Å²) in [5.74, 6) is -0.356. The number of Topliss-reactive ketones (excluding diaryl/α,β-unsaturated/α-hetero) is 1. The molecule has 6 heteroatoms. The average molecular weight is 370 g/mol. The highest BCUT2D eigenvalue weighted by Crippen LogP contribution is 2.20. The zero-order valence-corrected chi connectivity index (χ0v) is 16.5. The van der Waals surface area contributed by atoms with Gasteiger partial charge in [0.15, 0.2) is 6.04 Å². The van der Waals surface area contributed by atoms with Gasteiger partial charge in [-0.2, -0.15) is 0 Å². The van der Waals surface area contributed by atoms with Gasteiger partial charge in [0.2, 0.25) is 5.78 Å². The zero-order valence-electron chi connectivity index (χ0n) is 16.5. The summed E-state index contributed by atoms with van der Waals surface area (Å²) in [4.78, 5) is 31.8. The van der Waals surface area contributed by atoms with Crippen molar-refractivity contribution in [2.45, 2.75) is 26.8 Å². The molecule has 1 fully saturated rings. The molecule has 3 rings (SSSR count). The normalized spacial score (nSPS) is 16.2. The van der Waals surface area contributed by atoms with Gasteiger partial charge >= 0.3 is 5.97 Å². The van der Waals surface area contributed by atoms with E-state index in [2.05, 4.69) is 34.1 Å². The van der Waals surface area contributed by atoms with Gasteiger partial charge in [-0.3, -0.25) is 4.79 Å². The Kier molecular flexibility index (Phi) is 5.65. The number of aromatic amines is 1. The number of hydrogen-bond donors (Lipinski definition) is 2. The minimum Gasteiger partial charge on any atom is -0.465 e. The number of hydrogen-bond acceptors (Lipinski definition) is 4. The predicted octanol–water partition coefficient (Wildman–Crippen LogP) is 1.39. The van der Waals surface area contributed by atoms with Crippen LogP contribution in [-0.2, 0) is 4.74 Å². The van der Waals surface area contributed by atoms with E-state index in [9.17, 15) is 9.59 Å². The number of methoxy groups -OCH3 is 1. The van der Waals surface area contributed by atoms with E-state index in [4.69, 9.17) is 4.74 Å². The summed E-state index contributed by atoms with van der Waals surface area (Å²) in [6, 6.07) is 10.2. The molecule has 1 atom stereocenters. The quantitative estimate of drug-likeness (QED) is 0.617. The van der Waals surface area contributed by atoms with Crippen molar-refractivity contribution in [3.63, 3.8) is 0 Å². The van der Waals surface area contributed by atoms with Crippen LogP contribution in [0.1, 0.15) is 39.0 Å². The second kappa shape index (κ2) is 7.96. The zero-order chi connectivity index (χ0) is 19.6. The van der Waals surface area contributed by atoms with Crippen LogP contribution in [0.25, 0.3) is 0 Å². The number of nitrogens with zero attached hydrogens (tertiary/aromatic N) is 1. The molecular formula is C21H28N3O3+. The number of ether oxygens (including phenoxy) is 1. The van der Waals surface area contributed by atoms with Crippen molar-refractivity contribution in [2.75, 3.05) is 38.2 Å². The Labute approximate surface area is 160 Å². The molecule has 1 aliphatic heterocycles. The molecule has 2 aromatic rings. The molecule has 1 saturated heterocycles. The van der Waals surface area contributed by atoms with E-state index in [0.29, 0.717) is 22.5 Å². The molecule has 2 N–H and O–H groups in total. The fourth-order valence-corrected chi connectivity index (χ4v) is 3.93. The lowest BCUT2D eigenvalue weighted by Crippen LogP contribution is -3.18. The minimum absolute atomic E-state index is 0.0499. The van der Waals surface area contributed by atoms with Gasteiger partial charge in [-0.05, 0) is 38.5 Å². The van der Waals surface area contributed by atoms with Gasteiger partial charge in [0.05, 0.1) is 44.5 Å². The SMILES string of the molecule is COC(=O)c1c(C)[nH]c(C(=O)[C@@H](C)[NH+]2CCN(c3ccccc3)CC2)c1C. The molecule has 0 spiro atoms. The van der Waals surface area contributed by atoms with Crippen molar-refractivity contribution < 1.29 is 19.2 Å². The number of rotatable bonds is 5. The van der Waals surface area contributed by atoms with Gasteiger partial charge < -0.3 is 19.5 Å². The topological polar surface area (TPSA) is 66.8 Å². The number of piperazine rings is 1. The molecule has 2 heterocycles. The number of carbonyl (C=O) groups excluding carboxylic acids is 2. The minimum atomic E-state index is -0.406. The molecule has 6 nitrogen and oxygen atoms in total. The van der Waals surface area contributed by atoms with Gasteiger partial charge in [0.1, 0.15) is 0 Å². The molecule has 0 unspecified atom stereocenters. The summed E-state index contributed by atoms with van der Waals surface area (Å²) >= 11 is 0. The van der Waals surface area contributed by atoms with Crippen LogP contribution < -0.4 is 9.80 Å². The Balaban J connectivity index is 1.69. The average Bonchev–Trinajstić information content (AvgIpc) is 3.01. The summed E-state index contributed by atoms with van der Waals surface area (Å²) in [6.07, 6.45) is 0. The largest absolute Gasteiger partial charge is 0.465 e. The monoisotopic (exact) mass is 370 g/mol. The van der Waals surface area contributed by atoms with Crippen LogP contribution in [0.15, 0.2) is 30.3 Å². The van der Waals surface area contributed by atoms with Gasteiger partial charge in [0, 0.05) is 11.4 Å². The number of quaternary nitrogens is 1. The number of benzene rings is 1. The van der Waals surface area contributed by atoms with E-state index in [1.807, 2.05) is 13.0 Å². The maximum atomic E-state index is 13.1. The first kappa shape index (κ1) is 19.2. The second-order valence-corrected chi connectivity index (χ2v) is 7.18. The number of esters is 1. The summed E-state index contributed by atoms with van der Waals surface area (Å²) < 4.78 is 4.84. The molecule has 0 aliphatic carbocycles. The van der Waals surface area contributed by atoms with Gasteiger partial charge in [-0.15, -0.1) is 0 Å². The van der Waals surface area contributed by atoms with E-state index in [1.54, 1.807) is 13.8 Å². The fourth-order valence-electron chi connectivity index (χ4n) is 3.93. The fraction of sp³-hybridized carbons (Fsp3) is 0.429. The molecule has 1 aromatic carbocycles. The van der Waals surface area contributed by atoms with E-state index < -0.39 is 5.97 Å². The van der Waals surface area contributed by atoms with Crippen molar-refractivity contribution in [1.29, 1.82) is 0 Å². The number of H-pyrrole nitrogens is 1. The molecule has 1 aliphatic rings. The Morgan fingerprint density at radius 3 is 2.37 bits per heavy atom. The standard InChI is InChI=1S/C21H27N3O3/c1-14-18(21(26)27-4)15(2)22-19(14)20(25)16(3)23-10-12-24(13-11-23)17-8-6-5-7-9-17/h5-9,16,22H,10-13H2,1-4H3/p+1/t16-/m1/s1. The Hall–Kier alpha value is -2.60. The highest BCUT2D eigenvalue weighted by atomic mass is 16.5. The third-order valence-electron chi connectivity index (χ3n) is 5.61. The Bertz CT molecular complexity index is 821. The van der Waals surface area contributed by atoms with Crippen molar-refractivity contribution in [1.82, 2.24) is 4.98 Å². The Morgan fingerprint density at radius 1 is 1.15 bits per heavy atom. The maximum Gasteiger partial charge on any atom is 0.339 e. The molecule has 27 heavy (non-hydrogen) atoms. The summed E-state index contributed by atoms with van der Waals surface area (Å²) in [6.45, 7) is 9.24. The number of carbonyl (C=O) groups is 2. The van der Waals surface area contributed by atoms with Crippen molar-refractivity contribution >= 4 is 17.4 Å². The summed E-state index contributed by atoms with van der Waals surface area (Å²) in [7, 11) is 1.36. The number of para-hydroxylation sites is 1. The lowest BCUT2D eigenvalue weighted by Gasteiger charge is -2.36. The van der Waals surface area contributed by atoms with Crippen LogP contribution in [0.2, 0.25) is 0 Å². The van der Waals surface area contributed by atoms with Gasteiger partial charge in [-0.1, -0.05) is 18.2 Å². The summed E-state index contributed by atoms with van der Waals surface area (Å²) in [5, 5.41) is 0. The van der Waals surface area contributed by atoms with Crippen molar-refractivity contribution in [3.8, 4) is 0 Å². The first-order valence-electron chi connectivity index (χ1n) is 9.40. The second-order valence-electron chi connectivity index (χ2n) is 7.18. The van der Waals surface area contributed by atoms with Crippen LogP contribution in [0.3, 0.4) is 0 Å². The number of aromatic nitrogens is 1. The third-order valence-corrected chi connectivity index (χ3v) is 5.61. The molecule has 0 amide bonds. The van der Waals surface area contributed by atoms with E-state index in [-0.39, 0.29) is 11.8 Å². The first-order chi connectivity index (χ1) is 12.9. The highest BCUT2D eigenvalue weighted by Gasteiger charge is 2.33. The maximum absolute atomic E-state index is 13.1.